The maximum absolute atomic E-state index is 12.7. The molecule has 2 heterocycles. The quantitative estimate of drug-likeness (QED) is 0.492. The number of hydrogen-bond donors (Lipinski definition) is 3. The number of carbonyl (C=O) groups excluding carboxylic acids is 1. The molecule has 4 N–H and O–H groups in total. The fraction of sp³-hybridized carbons (Fsp3) is 0.316. The maximum atomic E-state index is 12.7. The van der Waals surface area contributed by atoms with Gasteiger partial charge < -0.3 is 21.4 Å². The average molecular weight is 434 g/mol. The van der Waals surface area contributed by atoms with Crippen LogP contribution in [0.5, 0.6) is 0 Å². The molecule has 1 aromatic carbocycles. The maximum Gasteiger partial charge on any atom is 0.318 e. The number of aliphatic imine (C=N–C) groups is 1. The number of amidine groups is 1. The zero-order chi connectivity index (χ0) is 21.0. The number of nitrogens with one attached hydrogen (secondary N) is 2. The SMILES string of the molecule is CC(NC(=O)N1CCc2cnc(N=C(N)CC=N)nc2C1)c1ccc(Cl)c(Cl)c1. The Labute approximate surface area is 178 Å². The molecule has 0 fully saturated rings. The first-order chi connectivity index (χ1) is 13.9. The fourth-order valence-electron chi connectivity index (χ4n) is 2.94. The van der Waals surface area contributed by atoms with Gasteiger partial charge in [0.2, 0.25) is 0 Å². The van der Waals surface area contributed by atoms with Crippen molar-refractivity contribution in [3.05, 3.63) is 51.3 Å². The summed E-state index contributed by atoms with van der Waals surface area (Å²) in [5.41, 5.74) is 8.31. The number of carbonyl (C=O) groups is 1. The second kappa shape index (κ2) is 9.19. The van der Waals surface area contributed by atoms with E-state index in [-0.39, 0.29) is 30.3 Å². The van der Waals surface area contributed by atoms with Crippen LogP contribution in [0.3, 0.4) is 0 Å². The van der Waals surface area contributed by atoms with Crippen molar-refractivity contribution in [1.29, 1.82) is 5.41 Å². The van der Waals surface area contributed by atoms with Gasteiger partial charge in [0, 0.05) is 25.4 Å². The largest absolute Gasteiger partial charge is 0.387 e. The third kappa shape index (κ3) is 5.21. The molecule has 0 spiro atoms. The first-order valence-corrected chi connectivity index (χ1v) is 9.80. The third-order valence-electron chi connectivity index (χ3n) is 4.56. The lowest BCUT2D eigenvalue weighted by Crippen LogP contribution is -2.43. The van der Waals surface area contributed by atoms with Crippen LogP contribution in [0.2, 0.25) is 10.0 Å². The van der Waals surface area contributed by atoms with Gasteiger partial charge in [-0.3, -0.25) is 0 Å². The molecular formula is C19H21Cl2N7O. The smallest absolute Gasteiger partial charge is 0.318 e. The number of amides is 2. The van der Waals surface area contributed by atoms with Gasteiger partial charge in [0.25, 0.3) is 5.95 Å². The van der Waals surface area contributed by atoms with Gasteiger partial charge >= 0.3 is 6.03 Å². The van der Waals surface area contributed by atoms with Gasteiger partial charge in [0.15, 0.2) is 0 Å². The van der Waals surface area contributed by atoms with Crippen LogP contribution in [-0.2, 0) is 13.0 Å². The molecule has 1 atom stereocenters. The first kappa shape index (κ1) is 21.0. The summed E-state index contributed by atoms with van der Waals surface area (Å²) in [4.78, 5) is 27.1. The number of benzene rings is 1. The van der Waals surface area contributed by atoms with Crippen molar-refractivity contribution < 1.29 is 4.79 Å². The van der Waals surface area contributed by atoms with E-state index in [1.165, 1.54) is 6.21 Å². The van der Waals surface area contributed by atoms with Crippen molar-refractivity contribution in [1.82, 2.24) is 20.2 Å². The molecule has 2 aromatic rings. The van der Waals surface area contributed by atoms with Crippen molar-refractivity contribution in [3.63, 3.8) is 0 Å². The standard InChI is InChI=1S/C19H21Cl2N7O/c1-11(12-2-3-14(20)15(21)8-12)25-19(29)28-7-5-13-9-24-18(26-16(13)10-28)27-17(23)4-6-22/h2-3,6,8-9,11,22H,4-5,7,10H2,1H3,(H,25,29)(H2,23,24,26,27). The zero-order valence-electron chi connectivity index (χ0n) is 15.8. The highest BCUT2D eigenvalue weighted by Gasteiger charge is 2.24. The summed E-state index contributed by atoms with van der Waals surface area (Å²) in [5.74, 6) is 0.496. The van der Waals surface area contributed by atoms with E-state index in [9.17, 15) is 4.79 Å². The molecule has 1 aromatic heterocycles. The molecule has 0 aliphatic carbocycles. The summed E-state index contributed by atoms with van der Waals surface area (Å²) < 4.78 is 0. The van der Waals surface area contributed by atoms with Crippen LogP contribution in [0.15, 0.2) is 29.4 Å². The fourth-order valence-corrected chi connectivity index (χ4v) is 3.25. The second-order valence-corrected chi connectivity index (χ2v) is 7.48. The molecule has 152 valence electrons. The summed E-state index contributed by atoms with van der Waals surface area (Å²) in [5, 5.41) is 11.0. The van der Waals surface area contributed by atoms with Crippen LogP contribution >= 0.6 is 23.2 Å². The summed E-state index contributed by atoms with van der Waals surface area (Å²) in [7, 11) is 0. The minimum atomic E-state index is -0.231. The van der Waals surface area contributed by atoms with Crippen LogP contribution in [0.1, 0.15) is 36.2 Å². The monoisotopic (exact) mass is 433 g/mol. The average Bonchev–Trinajstić information content (AvgIpc) is 2.69. The number of nitrogens with zero attached hydrogens (tertiary/aromatic N) is 4. The molecule has 10 heteroatoms. The Kier molecular flexibility index (Phi) is 6.66. The van der Waals surface area contributed by atoms with E-state index in [4.69, 9.17) is 34.3 Å². The van der Waals surface area contributed by atoms with Crippen LogP contribution in [0.25, 0.3) is 0 Å². The van der Waals surface area contributed by atoms with E-state index in [2.05, 4.69) is 20.3 Å². The lowest BCUT2D eigenvalue weighted by Gasteiger charge is -2.29. The van der Waals surface area contributed by atoms with Crippen LogP contribution in [0.4, 0.5) is 10.7 Å². The molecule has 0 saturated carbocycles. The topological polar surface area (TPSA) is 120 Å². The van der Waals surface area contributed by atoms with E-state index >= 15 is 0 Å². The highest BCUT2D eigenvalue weighted by molar-refractivity contribution is 6.42. The number of halogens is 2. The molecule has 1 aliphatic heterocycles. The lowest BCUT2D eigenvalue weighted by molar-refractivity contribution is 0.188. The molecule has 2 amide bonds. The van der Waals surface area contributed by atoms with E-state index in [0.29, 0.717) is 29.6 Å². The molecule has 8 nitrogen and oxygen atoms in total. The summed E-state index contributed by atoms with van der Waals surface area (Å²) in [6, 6.07) is 4.87. The zero-order valence-corrected chi connectivity index (χ0v) is 17.3. The van der Waals surface area contributed by atoms with Crippen molar-refractivity contribution in [2.75, 3.05) is 6.54 Å². The number of urea groups is 1. The molecule has 0 bridgehead atoms. The van der Waals surface area contributed by atoms with E-state index in [1.54, 1.807) is 23.2 Å². The Morgan fingerprint density at radius 1 is 1.45 bits per heavy atom. The van der Waals surface area contributed by atoms with Crippen LogP contribution in [0, 0.1) is 5.41 Å². The van der Waals surface area contributed by atoms with Gasteiger partial charge in [-0.25, -0.2) is 14.8 Å². The Morgan fingerprint density at radius 3 is 2.97 bits per heavy atom. The molecule has 0 radical (unpaired) electrons. The Balaban J connectivity index is 1.69. The predicted octanol–water partition coefficient (Wildman–Crippen LogP) is 3.64. The highest BCUT2D eigenvalue weighted by Crippen LogP contribution is 2.26. The van der Waals surface area contributed by atoms with Crippen LogP contribution in [-0.4, -0.2) is 39.5 Å². The van der Waals surface area contributed by atoms with Gasteiger partial charge in [-0.1, -0.05) is 29.3 Å². The summed E-state index contributed by atoms with van der Waals surface area (Å²) in [6.07, 6.45) is 3.77. The van der Waals surface area contributed by atoms with Gasteiger partial charge in [-0.2, -0.15) is 4.99 Å². The number of fused-ring (bicyclic) bond motifs is 1. The van der Waals surface area contributed by atoms with Crippen molar-refractivity contribution in [2.24, 2.45) is 10.7 Å². The van der Waals surface area contributed by atoms with Crippen molar-refractivity contribution in [3.8, 4) is 0 Å². The molecular weight excluding hydrogens is 413 g/mol. The molecule has 0 saturated heterocycles. The lowest BCUT2D eigenvalue weighted by atomic mass is 10.1. The number of rotatable bonds is 5. The number of aromatic nitrogens is 2. The number of nitrogens with two attached hydrogens (primary N) is 1. The van der Waals surface area contributed by atoms with Gasteiger partial charge in [-0.05, 0) is 36.6 Å². The van der Waals surface area contributed by atoms with E-state index in [0.717, 1.165) is 16.8 Å². The van der Waals surface area contributed by atoms with E-state index < -0.39 is 0 Å². The number of hydrogen-bond acceptors (Lipinski definition) is 5. The van der Waals surface area contributed by atoms with Crippen molar-refractivity contribution in [2.45, 2.75) is 32.4 Å². The molecule has 3 rings (SSSR count). The summed E-state index contributed by atoms with van der Waals surface area (Å²) in [6.45, 7) is 2.80. The van der Waals surface area contributed by atoms with Crippen LogP contribution < -0.4 is 11.1 Å². The predicted molar refractivity (Wildman–Crippen MR) is 114 cm³/mol. The van der Waals surface area contributed by atoms with Gasteiger partial charge in [0.05, 0.1) is 28.3 Å². The highest BCUT2D eigenvalue weighted by atomic mass is 35.5. The Hall–Kier alpha value is -2.71. The first-order valence-electron chi connectivity index (χ1n) is 9.04. The van der Waals surface area contributed by atoms with Gasteiger partial charge in [0.1, 0.15) is 5.84 Å². The third-order valence-corrected chi connectivity index (χ3v) is 5.30. The normalized spacial score (nSPS) is 14.9. The minimum absolute atomic E-state index is 0.193. The second-order valence-electron chi connectivity index (χ2n) is 6.67. The van der Waals surface area contributed by atoms with E-state index in [1.807, 2.05) is 13.0 Å². The molecule has 1 unspecified atom stereocenters. The molecule has 29 heavy (non-hydrogen) atoms. The van der Waals surface area contributed by atoms with Gasteiger partial charge in [-0.15, -0.1) is 0 Å². The summed E-state index contributed by atoms with van der Waals surface area (Å²) >= 11 is 12.0. The van der Waals surface area contributed by atoms with Crippen molar-refractivity contribution >= 4 is 47.2 Å². The minimum Gasteiger partial charge on any atom is -0.387 e. The Morgan fingerprint density at radius 2 is 2.24 bits per heavy atom. The molecule has 1 aliphatic rings. The Bertz CT molecular complexity index is 964.